The Hall–Kier alpha value is -7.43. The summed E-state index contributed by atoms with van der Waals surface area (Å²) in [4.78, 5) is 15.6. The van der Waals surface area contributed by atoms with E-state index < -0.39 is 0 Å². The fourth-order valence-electron chi connectivity index (χ4n) is 8.11. The zero-order valence-corrected chi connectivity index (χ0v) is 29.6. The molecule has 0 bridgehead atoms. The highest BCUT2D eigenvalue weighted by molar-refractivity contribution is 6.27. The van der Waals surface area contributed by atoms with Gasteiger partial charge in [-0.1, -0.05) is 158 Å². The van der Waals surface area contributed by atoms with Crippen molar-refractivity contribution in [2.75, 3.05) is 0 Å². The molecule has 0 aliphatic carbocycles. The molecule has 0 unspecified atom stereocenters. The van der Waals surface area contributed by atoms with Gasteiger partial charge in [0.05, 0.1) is 22.4 Å². The second-order valence-corrected chi connectivity index (χ2v) is 13.9. The van der Waals surface area contributed by atoms with Crippen LogP contribution in [0.2, 0.25) is 0 Å². The third kappa shape index (κ3) is 5.19. The lowest BCUT2D eigenvalue weighted by Crippen LogP contribution is -1.96. The number of nitrogens with zero attached hydrogens (tertiary/aromatic N) is 3. The SMILES string of the molecule is c1ccc(-c2cccc(-c3nc(-c4ccc(-c5c6c(cc7c(-c8ccccc8)nc8ccccc8c57)oc5ccccc56)cc4)nc4ccccc34)c2)cc1. The van der Waals surface area contributed by atoms with Gasteiger partial charge in [0.1, 0.15) is 11.2 Å². The van der Waals surface area contributed by atoms with E-state index in [4.69, 9.17) is 19.4 Å². The van der Waals surface area contributed by atoms with E-state index in [1.807, 2.05) is 30.3 Å². The Balaban J connectivity index is 1.13. The van der Waals surface area contributed by atoms with Gasteiger partial charge in [0, 0.05) is 54.6 Å². The van der Waals surface area contributed by atoms with Crippen molar-refractivity contribution in [1.82, 2.24) is 15.0 Å². The Kier molecular flexibility index (Phi) is 7.14. The first-order valence-electron chi connectivity index (χ1n) is 18.5. The number of rotatable bonds is 5. The van der Waals surface area contributed by atoms with Crippen molar-refractivity contribution in [1.29, 1.82) is 0 Å². The van der Waals surface area contributed by atoms with Gasteiger partial charge >= 0.3 is 0 Å². The van der Waals surface area contributed by atoms with Crippen molar-refractivity contribution in [2.45, 2.75) is 0 Å². The van der Waals surface area contributed by atoms with Crippen LogP contribution in [0.15, 0.2) is 192 Å². The summed E-state index contributed by atoms with van der Waals surface area (Å²) < 4.78 is 6.60. The number of furan rings is 1. The molecule has 0 saturated carbocycles. The van der Waals surface area contributed by atoms with Crippen LogP contribution in [0.25, 0.3) is 111 Å². The number of pyridine rings is 1. The maximum atomic E-state index is 6.60. The summed E-state index contributed by atoms with van der Waals surface area (Å²) in [5, 5.41) is 6.50. The van der Waals surface area contributed by atoms with Gasteiger partial charge in [-0.15, -0.1) is 0 Å². The minimum atomic E-state index is 0.684. The van der Waals surface area contributed by atoms with E-state index in [1.165, 1.54) is 5.56 Å². The molecule has 256 valence electrons. The zero-order chi connectivity index (χ0) is 36.3. The molecule has 0 saturated heterocycles. The molecule has 3 aromatic heterocycles. The van der Waals surface area contributed by atoms with Gasteiger partial charge in [0.25, 0.3) is 0 Å². The van der Waals surface area contributed by atoms with Crippen molar-refractivity contribution in [2.24, 2.45) is 0 Å². The van der Waals surface area contributed by atoms with E-state index in [-0.39, 0.29) is 0 Å². The van der Waals surface area contributed by atoms with Gasteiger partial charge in [-0.3, -0.25) is 0 Å². The first-order chi connectivity index (χ1) is 27.3. The van der Waals surface area contributed by atoms with Crippen molar-refractivity contribution in [3.05, 3.63) is 188 Å². The molecule has 0 aliphatic heterocycles. The number of para-hydroxylation sites is 3. The van der Waals surface area contributed by atoms with Crippen molar-refractivity contribution in [3.63, 3.8) is 0 Å². The molecule has 0 atom stereocenters. The predicted molar refractivity (Wildman–Crippen MR) is 227 cm³/mol. The number of hydrogen-bond acceptors (Lipinski definition) is 4. The van der Waals surface area contributed by atoms with E-state index in [2.05, 4.69) is 158 Å². The van der Waals surface area contributed by atoms with Crippen LogP contribution in [0.1, 0.15) is 0 Å². The second-order valence-electron chi connectivity index (χ2n) is 13.9. The number of fused-ring (bicyclic) bond motifs is 7. The Morgan fingerprint density at radius 1 is 0.309 bits per heavy atom. The molecule has 0 fully saturated rings. The Labute approximate surface area is 317 Å². The molecule has 3 heterocycles. The van der Waals surface area contributed by atoms with Crippen LogP contribution in [0.4, 0.5) is 0 Å². The van der Waals surface area contributed by atoms with Gasteiger partial charge in [0.2, 0.25) is 0 Å². The van der Waals surface area contributed by atoms with Gasteiger partial charge < -0.3 is 4.42 Å². The molecule has 8 aromatic carbocycles. The van der Waals surface area contributed by atoms with E-state index >= 15 is 0 Å². The molecular weight excluding hydrogens is 671 g/mol. The van der Waals surface area contributed by atoms with Crippen LogP contribution in [-0.4, -0.2) is 15.0 Å². The summed E-state index contributed by atoms with van der Waals surface area (Å²) in [7, 11) is 0. The normalized spacial score (nSPS) is 11.6. The summed E-state index contributed by atoms with van der Waals surface area (Å²) >= 11 is 0. The Morgan fingerprint density at radius 3 is 1.67 bits per heavy atom. The molecule has 0 N–H and O–H groups in total. The molecule has 0 amide bonds. The molecule has 4 nitrogen and oxygen atoms in total. The highest BCUT2D eigenvalue weighted by Crippen LogP contribution is 2.46. The van der Waals surface area contributed by atoms with Crippen LogP contribution in [0.5, 0.6) is 0 Å². The molecule has 0 spiro atoms. The van der Waals surface area contributed by atoms with Crippen LogP contribution in [0, 0.1) is 0 Å². The van der Waals surface area contributed by atoms with Gasteiger partial charge in [0.15, 0.2) is 5.82 Å². The van der Waals surface area contributed by atoms with E-state index in [1.54, 1.807) is 0 Å². The van der Waals surface area contributed by atoms with Crippen LogP contribution in [0.3, 0.4) is 0 Å². The first kappa shape index (κ1) is 31.1. The van der Waals surface area contributed by atoms with Gasteiger partial charge in [-0.25, -0.2) is 15.0 Å². The van der Waals surface area contributed by atoms with Crippen molar-refractivity contribution < 1.29 is 4.42 Å². The molecule has 11 rings (SSSR count). The van der Waals surface area contributed by atoms with Crippen LogP contribution < -0.4 is 0 Å². The lowest BCUT2D eigenvalue weighted by Gasteiger charge is -2.16. The van der Waals surface area contributed by atoms with Gasteiger partial charge in [-0.2, -0.15) is 0 Å². The average molecular weight is 702 g/mol. The standard InChI is InChI=1S/C51H31N3O/c1-3-14-32(15-4-1)36-18-13-19-37(30-36)50-39-21-8-11-24-43(39)53-51(54-50)35-28-26-33(27-29-35)46-47-38-20-7-10-23-42(38)52-49(34-16-5-2-6-17-34)41(47)31-45-48(46)40-22-9-12-25-44(40)55-45/h1-31H. The topological polar surface area (TPSA) is 51.8 Å². The molecule has 0 aliphatic rings. The summed E-state index contributed by atoms with van der Waals surface area (Å²) in [6.45, 7) is 0. The van der Waals surface area contributed by atoms with Crippen LogP contribution in [-0.2, 0) is 0 Å². The van der Waals surface area contributed by atoms with E-state index in [9.17, 15) is 0 Å². The highest BCUT2D eigenvalue weighted by atomic mass is 16.3. The lowest BCUT2D eigenvalue weighted by atomic mass is 9.89. The molecule has 4 heteroatoms. The zero-order valence-electron chi connectivity index (χ0n) is 29.6. The summed E-state index contributed by atoms with van der Waals surface area (Å²) in [5.41, 5.74) is 13.0. The van der Waals surface area contributed by atoms with Gasteiger partial charge in [-0.05, 0) is 47.0 Å². The number of benzene rings is 8. The van der Waals surface area contributed by atoms with Crippen molar-refractivity contribution >= 4 is 54.5 Å². The Morgan fingerprint density at radius 2 is 0.891 bits per heavy atom. The fraction of sp³-hybridized carbons (Fsp3) is 0. The largest absolute Gasteiger partial charge is 0.456 e. The third-order valence-electron chi connectivity index (χ3n) is 10.7. The molecule has 0 radical (unpaired) electrons. The first-order valence-corrected chi connectivity index (χ1v) is 18.5. The lowest BCUT2D eigenvalue weighted by molar-refractivity contribution is 0.669. The minimum absolute atomic E-state index is 0.684. The van der Waals surface area contributed by atoms with Crippen LogP contribution >= 0.6 is 0 Å². The predicted octanol–water partition coefficient (Wildman–Crippen LogP) is 13.6. The maximum absolute atomic E-state index is 6.60. The average Bonchev–Trinajstić information content (AvgIpc) is 3.64. The summed E-state index contributed by atoms with van der Waals surface area (Å²) in [6, 6.07) is 65.5. The molecular formula is C51H31N3O. The molecule has 11 aromatic rings. The minimum Gasteiger partial charge on any atom is -0.456 e. The smallest absolute Gasteiger partial charge is 0.160 e. The van der Waals surface area contributed by atoms with Crippen molar-refractivity contribution in [3.8, 4) is 56.2 Å². The maximum Gasteiger partial charge on any atom is 0.160 e. The Bertz CT molecular complexity index is 3240. The molecule has 55 heavy (non-hydrogen) atoms. The summed E-state index contributed by atoms with van der Waals surface area (Å²) in [6.07, 6.45) is 0. The quantitative estimate of drug-likeness (QED) is 0.168. The fourth-order valence-corrected chi connectivity index (χ4v) is 8.11. The van der Waals surface area contributed by atoms with E-state index in [0.29, 0.717) is 5.82 Å². The third-order valence-corrected chi connectivity index (χ3v) is 10.7. The number of hydrogen-bond donors (Lipinski definition) is 0. The summed E-state index contributed by atoms with van der Waals surface area (Å²) in [5.74, 6) is 0.684. The van der Waals surface area contributed by atoms with E-state index in [0.717, 1.165) is 99.3 Å². The highest BCUT2D eigenvalue weighted by Gasteiger charge is 2.22. The number of aromatic nitrogens is 3. The monoisotopic (exact) mass is 701 g/mol. The second kappa shape index (κ2) is 12.6.